The van der Waals surface area contributed by atoms with E-state index in [1.807, 2.05) is 6.92 Å². The van der Waals surface area contributed by atoms with Gasteiger partial charge in [-0.05, 0) is 12.5 Å². The van der Waals surface area contributed by atoms with Gasteiger partial charge in [0.2, 0.25) is 0 Å². The van der Waals surface area contributed by atoms with Gasteiger partial charge in [0, 0.05) is 23.8 Å². The normalized spacial score (nSPS) is 22.2. The molecule has 4 heteroatoms. The fourth-order valence-corrected chi connectivity index (χ4v) is 2.46. The Morgan fingerprint density at radius 3 is 2.14 bits per heavy atom. The molecule has 0 aromatic carbocycles. The zero-order valence-corrected chi connectivity index (χ0v) is 10.3. The molecule has 0 aromatic rings. The van der Waals surface area contributed by atoms with Crippen molar-refractivity contribution >= 4 is 15.4 Å². The molecule has 1 aliphatic heterocycles. The van der Waals surface area contributed by atoms with Crippen LogP contribution in [0.4, 0.5) is 0 Å². The van der Waals surface area contributed by atoms with Gasteiger partial charge in [-0.3, -0.25) is 0 Å². The smallest absolute Gasteiger partial charge is 0.134 e. The van der Waals surface area contributed by atoms with Crippen molar-refractivity contribution in [3.8, 4) is 0 Å². The first-order valence-electron chi connectivity index (χ1n) is 4.64. The van der Waals surface area contributed by atoms with Gasteiger partial charge in [0.1, 0.15) is 5.03 Å². The maximum Gasteiger partial charge on any atom is 0.134 e. The fourth-order valence-electron chi connectivity index (χ4n) is 1.44. The number of hydrogen-bond acceptors (Lipinski definition) is 3. The van der Waals surface area contributed by atoms with E-state index in [1.54, 1.807) is 0 Å². The Kier molecular flexibility index (Phi) is 2.61. The molecule has 0 radical (unpaired) electrons. The minimum atomic E-state index is -2.65. The summed E-state index contributed by atoms with van der Waals surface area (Å²) in [7, 11) is -2.65. The lowest BCUT2D eigenvalue weighted by Gasteiger charge is -2.18. The van der Waals surface area contributed by atoms with E-state index in [2.05, 4.69) is 25.8 Å². The molecule has 0 aromatic heterocycles. The number of allylic oxidation sites excluding steroid dienone is 1. The van der Waals surface area contributed by atoms with Crippen LogP contribution in [0.15, 0.2) is 15.6 Å². The molecule has 0 spiro atoms. The van der Waals surface area contributed by atoms with Crippen molar-refractivity contribution in [1.29, 1.82) is 4.78 Å². The predicted octanol–water partition coefficient (Wildman–Crippen LogP) is 2.79. The Balaban J connectivity index is 3.12. The van der Waals surface area contributed by atoms with Crippen LogP contribution in [0.2, 0.25) is 0 Å². The average molecular weight is 214 g/mol. The van der Waals surface area contributed by atoms with Gasteiger partial charge >= 0.3 is 0 Å². The number of hydrogen-bond donors (Lipinski definition) is 1. The summed E-state index contributed by atoms with van der Waals surface area (Å²) in [5, 5.41) is 0.488. The number of nitrogens with one attached hydrogen (secondary N) is 1. The second kappa shape index (κ2) is 3.19. The molecule has 1 aliphatic rings. The van der Waals surface area contributed by atoms with Crippen molar-refractivity contribution < 1.29 is 4.21 Å². The van der Waals surface area contributed by atoms with Gasteiger partial charge in [0.05, 0.1) is 9.73 Å². The molecule has 0 fully saturated rings. The van der Waals surface area contributed by atoms with Crippen LogP contribution in [0.25, 0.3) is 0 Å². The monoisotopic (exact) mass is 214 g/mol. The van der Waals surface area contributed by atoms with Crippen LogP contribution >= 0.6 is 0 Å². The van der Waals surface area contributed by atoms with Gasteiger partial charge in [-0.15, -0.1) is 0 Å². The molecule has 80 valence electrons. The van der Waals surface area contributed by atoms with Crippen molar-refractivity contribution in [2.75, 3.05) is 6.26 Å². The van der Waals surface area contributed by atoms with E-state index in [9.17, 15) is 4.21 Å². The molecule has 1 N–H and O–H groups in total. The highest BCUT2D eigenvalue weighted by molar-refractivity contribution is 7.95. The average Bonchev–Trinajstić information content (AvgIpc) is 2.27. The highest BCUT2D eigenvalue weighted by Gasteiger charge is 2.27. The molecule has 14 heavy (non-hydrogen) atoms. The van der Waals surface area contributed by atoms with E-state index in [0.29, 0.717) is 5.03 Å². The highest BCUT2D eigenvalue weighted by Crippen LogP contribution is 2.31. The quantitative estimate of drug-likeness (QED) is 0.717. The van der Waals surface area contributed by atoms with Crippen molar-refractivity contribution in [3.63, 3.8) is 0 Å². The van der Waals surface area contributed by atoms with E-state index in [-0.39, 0.29) is 5.41 Å². The maximum absolute atomic E-state index is 11.6. The minimum absolute atomic E-state index is 0.00764. The van der Waals surface area contributed by atoms with Gasteiger partial charge in [-0.2, -0.15) is 0 Å². The molecule has 3 nitrogen and oxygen atoms in total. The fraction of sp³-hybridized carbons (Fsp3) is 0.700. The van der Waals surface area contributed by atoms with Gasteiger partial charge in [-0.1, -0.05) is 20.8 Å². The summed E-state index contributed by atoms with van der Waals surface area (Å²) in [5.74, 6) is 0. The summed E-state index contributed by atoms with van der Waals surface area (Å²) >= 11 is 0. The molecular weight excluding hydrogens is 196 g/mol. The zero-order valence-electron chi connectivity index (χ0n) is 9.47. The molecule has 0 amide bonds. The second-order valence-electron chi connectivity index (χ2n) is 4.91. The summed E-state index contributed by atoms with van der Waals surface area (Å²) in [6.07, 6.45) is 2.20. The molecule has 0 aliphatic carbocycles. The van der Waals surface area contributed by atoms with E-state index in [1.165, 1.54) is 6.26 Å². The number of aliphatic imine (C=N–C) groups is 1. The molecule has 1 atom stereocenters. The van der Waals surface area contributed by atoms with Crippen LogP contribution in [0, 0.1) is 10.2 Å². The lowest BCUT2D eigenvalue weighted by molar-refractivity contribution is 0.584. The molecule has 0 bridgehead atoms. The first kappa shape index (κ1) is 11.4. The van der Waals surface area contributed by atoms with Crippen LogP contribution in [0.3, 0.4) is 0 Å². The second-order valence-corrected chi connectivity index (χ2v) is 6.99. The Labute approximate surface area is 86.3 Å². The Morgan fingerprint density at radius 2 is 1.93 bits per heavy atom. The van der Waals surface area contributed by atoms with Crippen LogP contribution in [0.5, 0.6) is 0 Å². The number of nitrogens with zero attached hydrogens (tertiary/aromatic N) is 1. The lowest BCUT2D eigenvalue weighted by Crippen LogP contribution is -2.18. The zero-order chi connectivity index (χ0) is 11.1. The van der Waals surface area contributed by atoms with Crippen molar-refractivity contribution in [2.45, 2.75) is 34.1 Å². The number of rotatable bonds is 1. The van der Waals surface area contributed by atoms with E-state index >= 15 is 0 Å². The summed E-state index contributed by atoms with van der Waals surface area (Å²) < 4.78 is 19.1. The summed E-state index contributed by atoms with van der Waals surface area (Å²) in [6, 6.07) is 0. The minimum Gasteiger partial charge on any atom is -0.248 e. The predicted molar refractivity (Wildman–Crippen MR) is 61.0 cm³/mol. The van der Waals surface area contributed by atoms with Crippen molar-refractivity contribution in [1.82, 2.24) is 0 Å². The van der Waals surface area contributed by atoms with Crippen LogP contribution in [-0.2, 0) is 9.73 Å². The molecular formula is C10H18N2OS. The standard InChI is InChI=1S/C10H18N2OS/c1-7-6-8(10(2,3)4)12-9(7)14(5,11)13/h11H,6H2,1-5H3. The molecule has 1 heterocycles. The maximum atomic E-state index is 11.6. The van der Waals surface area contributed by atoms with Crippen LogP contribution in [0.1, 0.15) is 34.1 Å². The Hall–Kier alpha value is -0.640. The van der Waals surface area contributed by atoms with Crippen LogP contribution < -0.4 is 0 Å². The third-order valence-corrected chi connectivity index (χ3v) is 3.45. The molecule has 0 saturated carbocycles. The van der Waals surface area contributed by atoms with E-state index in [0.717, 1.165) is 17.7 Å². The van der Waals surface area contributed by atoms with Gasteiger partial charge < -0.3 is 0 Å². The Morgan fingerprint density at radius 1 is 1.43 bits per heavy atom. The molecule has 1 unspecified atom stereocenters. The van der Waals surface area contributed by atoms with Gasteiger partial charge in [-0.25, -0.2) is 14.0 Å². The molecule has 0 saturated heterocycles. The lowest BCUT2D eigenvalue weighted by atomic mass is 9.87. The summed E-state index contributed by atoms with van der Waals surface area (Å²) in [4.78, 5) is 4.34. The first-order valence-corrected chi connectivity index (χ1v) is 6.60. The topological polar surface area (TPSA) is 53.3 Å². The summed E-state index contributed by atoms with van der Waals surface area (Å²) in [6.45, 7) is 8.17. The summed E-state index contributed by atoms with van der Waals surface area (Å²) in [5.41, 5.74) is 2.03. The van der Waals surface area contributed by atoms with Gasteiger partial charge in [0.15, 0.2) is 0 Å². The Bertz CT molecular complexity index is 408. The van der Waals surface area contributed by atoms with Crippen molar-refractivity contribution in [3.05, 3.63) is 10.6 Å². The SMILES string of the molecule is CC1=C(S(C)(=N)=O)N=C(C(C)(C)C)C1. The van der Waals surface area contributed by atoms with Crippen LogP contribution in [-0.4, -0.2) is 16.2 Å². The first-order chi connectivity index (χ1) is 6.12. The van der Waals surface area contributed by atoms with E-state index in [4.69, 9.17) is 4.78 Å². The largest absolute Gasteiger partial charge is 0.248 e. The van der Waals surface area contributed by atoms with Gasteiger partial charge in [0.25, 0.3) is 0 Å². The third-order valence-electron chi connectivity index (χ3n) is 2.27. The molecule has 1 rings (SSSR count). The highest BCUT2D eigenvalue weighted by atomic mass is 32.2. The van der Waals surface area contributed by atoms with Crippen molar-refractivity contribution in [2.24, 2.45) is 10.4 Å². The third kappa shape index (κ3) is 2.23. The van der Waals surface area contributed by atoms with E-state index < -0.39 is 9.73 Å².